The van der Waals surface area contributed by atoms with Crippen molar-refractivity contribution in [3.05, 3.63) is 72.8 Å². The molecule has 3 nitrogen and oxygen atoms in total. The van der Waals surface area contributed by atoms with Crippen LogP contribution in [0.2, 0.25) is 0 Å². The van der Waals surface area contributed by atoms with Gasteiger partial charge in [0.1, 0.15) is 0 Å². The third-order valence-electron chi connectivity index (χ3n) is 1.71. The van der Waals surface area contributed by atoms with Crippen molar-refractivity contribution in [2.75, 3.05) is 13.7 Å². The van der Waals surface area contributed by atoms with Crippen molar-refractivity contribution in [2.45, 2.75) is 0 Å². The Morgan fingerprint density at radius 2 is 0.722 bits per heavy atom. The van der Waals surface area contributed by atoms with E-state index in [9.17, 15) is 0 Å². The van der Waals surface area contributed by atoms with Gasteiger partial charge in [-0.25, -0.2) is 0 Å². The fourth-order valence-corrected chi connectivity index (χ4v) is 0.770. The topological polar surface area (TPSA) is 52.8 Å². The Bertz CT molecular complexity index is 333. The van der Waals surface area contributed by atoms with Gasteiger partial charge in [-0.2, -0.15) is 0 Å². The van der Waals surface area contributed by atoms with Crippen molar-refractivity contribution in [1.29, 1.82) is 0 Å². The van der Waals surface area contributed by atoms with E-state index in [1.54, 1.807) is 0 Å². The third-order valence-corrected chi connectivity index (χ3v) is 2.47. The number of nitrogens with zero attached hydrogens (tertiary/aromatic N) is 1. The lowest BCUT2D eigenvalue weighted by Gasteiger charge is -1.96. The molecule has 0 spiro atoms. The van der Waals surface area contributed by atoms with E-state index in [1.807, 2.05) is 72.8 Å². The lowest BCUT2D eigenvalue weighted by molar-refractivity contribution is 0.473. The Kier molecular flexibility index (Phi) is 9.89. The van der Waals surface area contributed by atoms with Gasteiger partial charge >= 0.3 is 0 Å². The maximum Gasteiger partial charge on any atom is 0.203 e. The molecule has 0 amide bonds. The molecule has 0 saturated heterocycles. The van der Waals surface area contributed by atoms with Crippen molar-refractivity contribution >= 4 is 7.51 Å². The molecule has 0 heterocycles. The van der Waals surface area contributed by atoms with Crippen LogP contribution in [0.4, 0.5) is 0 Å². The zero-order valence-electron chi connectivity index (χ0n) is 10.7. The summed E-state index contributed by atoms with van der Waals surface area (Å²) in [6.45, 7) is 1.30. The molecule has 0 aromatic heterocycles. The molecule has 2 rings (SSSR count). The first-order valence-corrected chi connectivity index (χ1v) is 7.59. The fraction of sp³-hybridized carbons (Fsp3) is 0.143. The predicted octanol–water partition coefficient (Wildman–Crippen LogP) is 3.64. The van der Waals surface area contributed by atoms with Crippen LogP contribution >= 0.6 is 7.51 Å². The summed E-state index contributed by atoms with van der Waals surface area (Å²) in [4.78, 5) is 16.7. The summed E-state index contributed by atoms with van der Waals surface area (Å²) in [5, 5.41) is 0. The second kappa shape index (κ2) is 10.7. The molecule has 0 aliphatic rings. The van der Waals surface area contributed by atoms with E-state index in [0.717, 1.165) is 0 Å². The Hall–Kier alpha value is -1.41. The molecular weight excluding hydrogens is 245 g/mol. The van der Waals surface area contributed by atoms with Crippen molar-refractivity contribution in [2.24, 2.45) is 4.74 Å². The van der Waals surface area contributed by atoms with Crippen LogP contribution in [0.1, 0.15) is 0 Å². The van der Waals surface area contributed by atoms with Gasteiger partial charge in [0.2, 0.25) is 7.51 Å². The Balaban J connectivity index is 0.000000241. The maximum absolute atomic E-state index is 8.33. The smallest absolute Gasteiger partial charge is 0.203 e. The van der Waals surface area contributed by atoms with Crippen LogP contribution in [0.5, 0.6) is 0 Å². The zero-order chi connectivity index (χ0) is 13.7. The SMILES string of the molecule is CN=P(C)(O)O.c1ccccc1.c1ccccc1. The van der Waals surface area contributed by atoms with Crippen LogP contribution in [0.25, 0.3) is 0 Å². The molecule has 0 atom stereocenters. The highest BCUT2D eigenvalue weighted by molar-refractivity contribution is 7.53. The summed E-state index contributed by atoms with van der Waals surface area (Å²) in [6, 6.07) is 24.0. The van der Waals surface area contributed by atoms with Crippen molar-refractivity contribution < 1.29 is 9.79 Å². The van der Waals surface area contributed by atoms with Crippen molar-refractivity contribution in [1.82, 2.24) is 0 Å². The maximum atomic E-state index is 8.33. The normalized spacial score (nSPS) is 9.11. The first kappa shape index (κ1) is 16.6. The monoisotopic (exact) mass is 265 g/mol. The second-order valence-electron chi connectivity index (χ2n) is 3.38. The molecule has 0 fully saturated rings. The average molecular weight is 265 g/mol. The molecule has 0 radical (unpaired) electrons. The van der Waals surface area contributed by atoms with Gasteiger partial charge in [-0.05, 0) is 0 Å². The van der Waals surface area contributed by atoms with Crippen LogP contribution < -0.4 is 0 Å². The van der Waals surface area contributed by atoms with Gasteiger partial charge in [-0.3, -0.25) is 4.74 Å². The highest BCUT2D eigenvalue weighted by Crippen LogP contribution is 2.32. The number of hydrogen-bond donors (Lipinski definition) is 2. The van der Waals surface area contributed by atoms with Crippen LogP contribution in [-0.2, 0) is 0 Å². The Morgan fingerprint density at radius 1 is 0.611 bits per heavy atom. The summed E-state index contributed by atoms with van der Waals surface area (Å²) in [6.07, 6.45) is 0. The lowest BCUT2D eigenvalue weighted by atomic mass is 10.4. The summed E-state index contributed by atoms with van der Waals surface area (Å²) >= 11 is 0. The van der Waals surface area contributed by atoms with Crippen LogP contribution in [-0.4, -0.2) is 23.5 Å². The van der Waals surface area contributed by atoms with Gasteiger partial charge in [-0.1, -0.05) is 72.8 Å². The molecular formula is C14H20NO2P. The van der Waals surface area contributed by atoms with Crippen LogP contribution in [0.3, 0.4) is 0 Å². The van der Waals surface area contributed by atoms with E-state index < -0.39 is 7.51 Å². The molecule has 98 valence electrons. The molecule has 2 N–H and O–H groups in total. The molecule has 18 heavy (non-hydrogen) atoms. The minimum absolute atomic E-state index is 1.30. The van der Waals surface area contributed by atoms with Gasteiger partial charge in [0.05, 0.1) is 0 Å². The summed E-state index contributed by atoms with van der Waals surface area (Å²) in [5.41, 5.74) is 0. The number of rotatable bonds is 0. The van der Waals surface area contributed by atoms with E-state index in [0.29, 0.717) is 0 Å². The largest absolute Gasteiger partial charge is 0.340 e. The number of benzene rings is 2. The van der Waals surface area contributed by atoms with Gasteiger partial charge < -0.3 is 9.79 Å². The molecule has 2 aromatic rings. The Morgan fingerprint density at radius 3 is 0.778 bits per heavy atom. The molecule has 0 aliphatic heterocycles. The Labute approximate surface area is 109 Å². The molecule has 4 heteroatoms. The van der Waals surface area contributed by atoms with Gasteiger partial charge in [0, 0.05) is 13.7 Å². The first-order valence-electron chi connectivity index (χ1n) is 5.49. The van der Waals surface area contributed by atoms with Gasteiger partial charge in [0.15, 0.2) is 0 Å². The minimum Gasteiger partial charge on any atom is -0.340 e. The molecule has 0 bridgehead atoms. The van der Waals surface area contributed by atoms with E-state index in [2.05, 4.69) is 4.74 Å². The highest BCUT2D eigenvalue weighted by Gasteiger charge is 1.92. The summed E-state index contributed by atoms with van der Waals surface area (Å²) in [7, 11) is -1.39. The minimum atomic E-state index is -2.77. The molecule has 2 aromatic carbocycles. The van der Waals surface area contributed by atoms with Gasteiger partial charge in [0.25, 0.3) is 0 Å². The average Bonchev–Trinajstić information content (AvgIpc) is 2.43. The second-order valence-corrected chi connectivity index (χ2v) is 5.51. The van der Waals surface area contributed by atoms with Crippen LogP contribution in [0, 0.1) is 0 Å². The molecule has 0 saturated carbocycles. The highest BCUT2D eigenvalue weighted by atomic mass is 31.2. The van der Waals surface area contributed by atoms with E-state index in [1.165, 1.54) is 13.7 Å². The number of hydrogen-bond acceptors (Lipinski definition) is 1. The van der Waals surface area contributed by atoms with Crippen LogP contribution in [0.15, 0.2) is 77.5 Å². The zero-order valence-corrected chi connectivity index (χ0v) is 11.6. The van der Waals surface area contributed by atoms with Crippen molar-refractivity contribution in [3.63, 3.8) is 0 Å². The molecule has 0 unspecified atom stereocenters. The van der Waals surface area contributed by atoms with Crippen molar-refractivity contribution in [3.8, 4) is 0 Å². The fourth-order valence-electron chi connectivity index (χ4n) is 0.770. The third kappa shape index (κ3) is 14.6. The molecule has 0 aliphatic carbocycles. The standard InChI is InChI=1S/2C6H6.C2H8NO2P/c2*1-2-4-6-5-3-1;1-3-6(2,4)5/h2*1-6H;4-5H,1-2H3. The van der Waals surface area contributed by atoms with E-state index >= 15 is 0 Å². The first-order chi connectivity index (χ1) is 8.56. The summed E-state index contributed by atoms with van der Waals surface area (Å²) in [5.74, 6) is 0. The van der Waals surface area contributed by atoms with Gasteiger partial charge in [-0.15, -0.1) is 0 Å². The van der Waals surface area contributed by atoms with E-state index in [4.69, 9.17) is 9.79 Å². The lowest BCUT2D eigenvalue weighted by Crippen LogP contribution is -1.68. The quantitative estimate of drug-likeness (QED) is 0.714. The predicted molar refractivity (Wildman–Crippen MR) is 78.5 cm³/mol. The summed E-state index contributed by atoms with van der Waals surface area (Å²) < 4.78 is 3.24. The van der Waals surface area contributed by atoms with E-state index in [-0.39, 0.29) is 0 Å².